The maximum Gasteiger partial charge on any atom is 0.475 e. The molecule has 3 atom stereocenters. The summed E-state index contributed by atoms with van der Waals surface area (Å²) >= 11 is 0. The fraction of sp³-hybridized carbons (Fsp3) is 0.500. The van der Waals surface area contributed by atoms with Gasteiger partial charge in [0, 0.05) is 0 Å². The second-order valence-electron chi connectivity index (χ2n) is 5.76. The Bertz CT molecular complexity index is 526. The molecule has 0 heterocycles. The van der Waals surface area contributed by atoms with Crippen LogP contribution in [0, 0.1) is 5.92 Å². The molecule has 1 aromatic carbocycles. The quantitative estimate of drug-likeness (QED) is 0.526. The number of hydrogen-bond acceptors (Lipinski definition) is 5. The number of carbonyl (C=O) groups is 2. The van der Waals surface area contributed by atoms with Crippen molar-refractivity contribution in [3.8, 4) is 0 Å². The predicted octanol–water partition coefficient (Wildman–Crippen LogP) is 0.844. The summed E-state index contributed by atoms with van der Waals surface area (Å²) in [6.45, 7) is 5.29. The van der Waals surface area contributed by atoms with Gasteiger partial charge in [-0.25, -0.2) is 4.79 Å². The zero-order valence-electron chi connectivity index (χ0n) is 14.2. The molecule has 0 aliphatic rings. The van der Waals surface area contributed by atoms with Crippen LogP contribution in [0.1, 0.15) is 32.8 Å². The Labute approximate surface area is 142 Å². The van der Waals surface area contributed by atoms with E-state index in [1.165, 1.54) is 6.92 Å². The van der Waals surface area contributed by atoms with Gasteiger partial charge >= 0.3 is 13.2 Å². The highest BCUT2D eigenvalue weighted by molar-refractivity contribution is 6.43. The molecule has 4 N–H and O–H groups in total. The monoisotopic (exact) mass is 336 g/mol. The van der Waals surface area contributed by atoms with Crippen LogP contribution >= 0.6 is 0 Å². The Morgan fingerprint density at radius 1 is 1.17 bits per heavy atom. The van der Waals surface area contributed by atoms with E-state index in [0.29, 0.717) is 6.42 Å². The number of amides is 2. The van der Waals surface area contributed by atoms with Crippen molar-refractivity contribution in [2.75, 3.05) is 0 Å². The van der Waals surface area contributed by atoms with E-state index in [2.05, 4.69) is 10.6 Å². The van der Waals surface area contributed by atoms with E-state index in [-0.39, 0.29) is 12.5 Å². The van der Waals surface area contributed by atoms with Gasteiger partial charge in [0.2, 0.25) is 5.91 Å². The molecule has 132 valence electrons. The van der Waals surface area contributed by atoms with E-state index in [9.17, 15) is 19.6 Å². The maximum atomic E-state index is 12.1. The van der Waals surface area contributed by atoms with Crippen LogP contribution in [-0.2, 0) is 16.1 Å². The van der Waals surface area contributed by atoms with E-state index in [1.54, 1.807) is 6.92 Å². The molecule has 0 bridgehead atoms. The Morgan fingerprint density at radius 2 is 1.79 bits per heavy atom. The Morgan fingerprint density at radius 3 is 2.33 bits per heavy atom. The summed E-state index contributed by atoms with van der Waals surface area (Å²) in [6, 6.07) is 8.31. The molecular formula is C16H25BN2O5. The highest BCUT2D eigenvalue weighted by atomic mass is 16.5. The van der Waals surface area contributed by atoms with Crippen molar-refractivity contribution in [3.63, 3.8) is 0 Å². The van der Waals surface area contributed by atoms with Gasteiger partial charge in [0.1, 0.15) is 12.6 Å². The first kappa shape index (κ1) is 20.0. The van der Waals surface area contributed by atoms with Gasteiger partial charge in [-0.1, -0.05) is 50.6 Å². The Hall–Kier alpha value is -2.06. The number of hydrogen-bond donors (Lipinski definition) is 4. The first-order chi connectivity index (χ1) is 11.3. The summed E-state index contributed by atoms with van der Waals surface area (Å²) in [4.78, 5) is 23.8. The average Bonchev–Trinajstić information content (AvgIpc) is 2.57. The summed E-state index contributed by atoms with van der Waals surface area (Å²) in [5, 5.41) is 23.7. The zero-order valence-corrected chi connectivity index (χ0v) is 14.2. The Balaban J connectivity index is 2.46. The first-order valence-corrected chi connectivity index (χ1v) is 7.98. The number of carbonyl (C=O) groups excluding carboxylic acids is 2. The number of nitrogens with one attached hydrogen (secondary N) is 2. The third-order valence-electron chi connectivity index (χ3n) is 3.83. The van der Waals surface area contributed by atoms with Crippen LogP contribution in [0.3, 0.4) is 0 Å². The molecule has 1 aromatic rings. The van der Waals surface area contributed by atoms with Crippen LogP contribution in [0.2, 0.25) is 0 Å². The highest BCUT2D eigenvalue weighted by Gasteiger charge is 2.31. The fourth-order valence-corrected chi connectivity index (χ4v) is 2.06. The normalized spacial score (nSPS) is 14.2. The molecule has 0 spiro atoms. The second-order valence-corrected chi connectivity index (χ2v) is 5.76. The first-order valence-electron chi connectivity index (χ1n) is 7.98. The van der Waals surface area contributed by atoms with E-state index >= 15 is 0 Å². The third-order valence-corrected chi connectivity index (χ3v) is 3.83. The minimum Gasteiger partial charge on any atom is -0.445 e. The molecule has 0 saturated heterocycles. The molecule has 8 heteroatoms. The lowest BCUT2D eigenvalue weighted by Gasteiger charge is -2.25. The topological polar surface area (TPSA) is 108 Å². The minimum absolute atomic E-state index is 0.103. The van der Waals surface area contributed by atoms with E-state index in [0.717, 1.165) is 5.56 Å². The second kappa shape index (κ2) is 9.94. The van der Waals surface area contributed by atoms with Gasteiger partial charge in [-0.2, -0.15) is 0 Å². The molecule has 0 saturated carbocycles. The lowest BCUT2D eigenvalue weighted by atomic mass is 9.71. The molecule has 0 aliphatic heterocycles. The van der Waals surface area contributed by atoms with E-state index < -0.39 is 31.1 Å². The molecule has 1 rings (SSSR count). The van der Waals surface area contributed by atoms with Crippen molar-refractivity contribution in [1.29, 1.82) is 0 Å². The summed E-state index contributed by atoms with van der Waals surface area (Å²) in [5.41, 5.74) is 0.838. The Kier molecular flexibility index (Phi) is 8.28. The fourth-order valence-electron chi connectivity index (χ4n) is 2.06. The molecule has 7 nitrogen and oxygen atoms in total. The molecule has 0 aliphatic carbocycles. The van der Waals surface area contributed by atoms with Gasteiger partial charge in [-0.3, -0.25) is 4.79 Å². The van der Waals surface area contributed by atoms with E-state index in [1.807, 2.05) is 37.3 Å². The van der Waals surface area contributed by atoms with E-state index in [4.69, 9.17) is 4.74 Å². The van der Waals surface area contributed by atoms with Gasteiger partial charge in [0.25, 0.3) is 0 Å². The predicted molar refractivity (Wildman–Crippen MR) is 90.8 cm³/mol. The largest absolute Gasteiger partial charge is 0.475 e. The molecular weight excluding hydrogens is 311 g/mol. The number of rotatable bonds is 8. The lowest BCUT2D eigenvalue weighted by molar-refractivity contribution is -0.123. The summed E-state index contributed by atoms with van der Waals surface area (Å²) in [7, 11) is -1.67. The summed E-state index contributed by atoms with van der Waals surface area (Å²) in [6.07, 6.45) is -0.0464. The highest BCUT2D eigenvalue weighted by Crippen LogP contribution is 2.09. The summed E-state index contributed by atoms with van der Waals surface area (Å²) in [5.74, 6) is -1.43. The standard InChI is InChI=1S/C16H25BN2O5/c1-4-11(2)14(17(22)23)19-15(20)12(3)18-16(21)24-10-13-8-6-5-7-9-13/h5-9,11-12,14,22-23H,4,10H2,1-3H3,(H,18,21)(H,19,20). The SMILES string of the molecule is CCC(C)C(NC(=O)C(C)NC(=O)OCc1ccccc1)B(O)O. The molecule has 0 fully saturated rings. The van der Waals surface area contributed by atoms with Crippen LogP contribution < -0.4 is 10.6 Å². The van der Waals surface area contributed by atoms with Crippen LogP contribution in [0.15, 0.2) is 30.3 Å². The average molecular weight is 336 g/mol. The molecule has 0 aromatic heterocycles. The minimum atomic E-state index is -1.67. The zero-order chi connectivity index (χ0) is 18.1. The van der Waals surface area contributed by atoms with Gasteiger partial charge < -0.3 is 25.4 Å². The van der Waals surface area contributed by atoms with Crippen LogP contribution in [0.25, 0.3) is 0 Å². The molecule has 3 unspecified atom stereocenters. The van der Waals surface area contributed by atoms with Crippen LogP contribution in [-0.4, -0.2) is 41.1 Å². The number of benzene rings is 1. The van der Waals surface area contributed by atoms with Crippen molar-refractivity contribution in [2.45, 2.75) is 45.8 Å². The van der Waals surface area contributed by atoms with Gasteiger partial charge in [-0.15, -0.1) is 0 Å². The molecule has 2 amide bonds. The summed E-state index contributed by atoms with van der Waals surface area (Å²) < 4.78 is 5.04. The maximum absolute atomic E-state index is 12.1. The molecule has 0 radical (unpaired) electrons. The van der Waals surface area contributed by atoms with Crippen molar-refractivity contribution < 1.29 is 24.4 Å². The smallest absolute Gasteiger partial charge is 0.445 e. The number of ether oxygens (including phenoxy) is 1. The number of alkyl carbamates (subject to hydrolysis) is 1. The van der Waals surface area contributed by atoms with Crippen molar-refractivity contribution >= 4 is 19.1 Å². The lowest BCUT2D eigenvalue weighted by Crippen LogP contribution is -2.55. The third kappa shape index (κ3) is 6.60. The van der Waals surface area contributed by atoms with Crippen LogP contribution in [0.5, 0.6) is 0 Å². The van der Waals surface area contributed by atoms with Gasteiger partial charge in [0.05, 0.1) is 5.94 Å². The van der Waals surface area contributed by atoms with Crippen molar-refractivity contribution in [3.05, 3.63) is 35.9 Å². The molecule has 24 heavy (non-hydrogen) atoms. The van der Waals surface area contributed by atoms with Gasteiger partial charge in [0.15, 0.2) is 0 Å². The van der Waals surface area contributed by atoms with Crippen LogP contribution in [0.4, 0.5) is 4.79 Å². The van der Waals surface area contributed by atoms with Crippen molar-refractivity contribution in [1.82, 2.24) is 10.6 Å². The van der Waals surface area contributed by atoms with Gasteiger partial charge in [-0.05, 0) is 18.4 Å². The van der Waals surface area contributed by atoms with Crippen molar-refractivity contribution in [2.24, 2.45) is 5.92 Å².